The summed E-state index contributed by atoms with van der Waals surface area (Å²) in [6.07, 6.45) is 11.8. The first-order valence-electron chi connectivity index (χ1n) is 7.98. The molecular weight excluding hydrogens is 256 g/mol. The number of benzene rings is 1. The van der Waals surface area contributed by atoms with E-state index in [1.54, 1.807) is 0 Å². The average molecular weight is 278 g/mol. The monoisotopic (exact) mass is 278 g/mol. The second-order valence-electron chi connectivity index (χ2n) is 6.37. The van der Waals surface area contributed by atoms with Gasteiger partial charge in [-0.3, -0.25) is 4.90 Å². The lowest BCUT2D eigenvalue weighted by atomic mass is 9.82. The van der Waals surface area contributed by atoms with Crippen LogP contribution in [0.2, 0.25) is 0 Å². The number of H-pyrrole nitrogens is 1. The molecule has 2 aromatic rings. The van der Waals surface area contributed by atoms with Crippen molar-refractivity contribution in [3.05, 3.63) is 53.8 Å². The van der Waals surface area contributed by atoms with Crippen molar-refractivity contribution in [1.29, 1.82) is 0 Å². The number of hydrogen-bond acceptors (Lipinski definition) is 1. The van der Waals surface area contributed by atoms with Crippen LogP contribution in [0.3, 0.4) is 0 Å². The average Bonchev–Trinajstić information content (AvgIpc) is 2.90. The maximum atomic E-state index is 3.60. The second kappa shape index (κ2) is 4.88. The Bertz CT molecular complexity index is 722. The van der Waals surface area contributed by atoms with E-state index in [1.165, 1.54) is 22.2 Å². The van der Waals surface area contributed by atoms with Gasteiger partial charge in [0, 0.05) is 41.6 Å². The van der Waals surface area contributed by atoms with E-state index in [0.29, 0.717) is 0 Å². The first-order valence-corrected chi connectivity index (χ1v) is 7.98. The molecular formula is C19H22N2. The van der Waals surface area contributed by atoms with Crippen LogP contribution in [0.4, 0.5) is 0 Å². The third-order valence-corrected chi connectivity index (χ3v) is 5.10. The minimum absolute atomic E-state index is 0.206. The van der Waals surface area contributed by atoms with Crippen LogP contribution in [0.25, 0.3) is 17.0 Å². The van der Waals surface area contributed by atoms with Gasteiger partial charge in [0.2, 0.25) is 0 Å². The molecule has 2 bridgehead atoms. The highest BCUT2D eigenvalue weighted by atomic mass is 15.1. The van der Waals surface area contributed by atoms with E-state index in [4.69, 9.17) is 0 Å². The van der Waals surface area contributed by atoms with Crippen molar-refractivity contribution in [2.45, 2.75) is 19.8 Å². The highest BCUT2D eigenvalue weighted by molar-refractivity contribution is 5.87. The molecule has 4 rings (SSSR count). The summed E-state index contributed by atoms with van der Waals surface area (Å²) in [5.41, 5.74) is 4.23. The van der Waals surface area contributed by atoms with Crippen LogP contribution in [-0.4, -0.2) is 29.5 Å². The smallest absolute Gasteiger partial charge is 0.0461 e. The standard InChI is InChI=1S/C19H22N2/c1-2-19-10-5-12-21(14-19)13-9-16-15-6-3-4-7-17(15)20-18(16)8-11-19/h3-8,10-11,20H,2,9,12-14H2,1H3/t19-/m0/s1. The predicted octanol–water partition coefficient (Wildman–Crippen LogP) is 4.01. The van der Waals surface area contributed by atoms with Crippen LogP contribution in [-0.2, 0) is 6.42 Å². The Morgan fingerprint density at radius 2 is 2.14 bits per heavy atom. The largest absolute Gasteiger partial charge is 0.355 e. The van der Waals surface area contributed by atoms with Crippen LogP contribution in [0, 0.1) is 5.41 Å². The van der Waals surface area contributed by atoms with Gasteiger partial charge >= 0.3 is 0 Å². The minimum Gasteiger partial charge on any atom is -0.355 e. The molecule has 0 amide bonds. The summed E-state index contributed by atoms with van der Waals surface area (Å²) in [4.78, 5) is 6.19. The maximum absolute atomic E-state index is 3.60. The van der Waals surface area contributed by atoms with Gasteiger partial charge in [-0.25, -0.2) is 0 Å². The fourth-order valence-corrected chi connectivity index (χ4v) is 3.75. The summed E-state index contributed by atoms with van der Waals surface area (Å²) in [5, 5.41) is 1.38. The molecule has 0 radical (unpaired) electrons. The summed E-state index contributed by atoms with van der Waals surface area (Å²) in [5.74, 6) is 0. The molecule has 2 aliphatic rings. The summed E-state index contributed by atoms with van der Waals surface area (Å²) in [7, 11) is 0. The molecule has 2 heteroatoms. The van der Waals surface area contributed by atoms with E-state index in [0.717, 1.165) is 32.5 Å². The molecule has 2 aliphatic heterocycles. The molecule has 1 unspecified atom stereocenters. The number of nitrogens with one attached hydrogen (secondary N) is 1. The number of aromatic amines is 1. The van der Waals surface area contributed by atoms with E-state index < -0.39 is 0 Å². The number of hydrogen-bond donors (Lipinski definition) is 1. The molecule has 2 nitrogen and oxygen atoms in total. The zero-order chi connectivity index (χ0) is 14.3. The molecule has 0 aliphatic carbocycles. The Kier molecular flexibility index (Phi) is 3.00. The molecule has 0 spiro atoms. The van der Waals surface area contributed by atoms with E-state index in [1.807, 2.05) is 0 Å². The van der Waals surface area contributed by atoms with Crippen LogP contribution in [0.1, 0.15) is 24.6 Å². The van der Waals surface area contributed by atoms with Gasteiger partial charge in [0.25, 0.3) is 0 Å². The van der Waals surface area contributed by atoms with Gasteiger partial charge in [-0.1, -0.05) is 43.4 Å². The molecule has 21 heavy (non-hydrogen) atoms. The molecule has 1 aromatic carbocycles. The predicted molar refractivity (Wildman–Crippen MR) is 89.3 cm³/mol. The Morgan fingerprint density at radius 1 is 1.24 bits per heavy atom. The quantitative estimate of drug-likeness (QED) is 0.781. The number of para-hydroxylation sites is 1. The Morgan fingerprint density at radius 3 is 3.05 bits per heavy atom. The summed E-state index contributed by atoms with van der Waals surface area (Å²) >= 11 is 0. The third-order valence-electron chi connectivity index (χ3n) is 5.10. The normalized spacial score (nSPS) is 28.0. The molecule has 0 saturated heterocycles. The van der Waals surface area contributed by atoms with Gasteiger partial charge in [-0.15, -0.1) is 0 Å². The molecule has 1 N–H and O–H groups in total. The summed E-state index contributed by atoms with van der Waals surface area (Å²) in [6.45, 7) is 5.68. The van der Waals surface area contributed by atoms with Crippen molar-refractivity contribution in [3.63, 3.8) is 0 Å². The van der Waals surface area contributed by atoms with Gasteiger partial charge in [-0.2, -0.15) is 0 Å². The molecule has 2 atom stereocenters. The number of aromatic nitrogens is 1. The fourth-order valence-electron chi connectivity index (χ4n) is 3.75. The van der Waals surface area contributed by atoms with Gasteiger partial charge in [0.05, 0.1) is 0 Å². The van der Waals surface area contributed by atoms with E-state index in [9.17, 15) is 0 Å². The summed E-state index contributed by atoms with van der Waals surface area (Å²) in [6, 6.07) is 8.67. The zero-order valence-electron chi connectivity index (χ0n) is 12.6. The van der Waals surface area contributed by atoms with Crippen LogP contribution in [0.5, 0.6) is 0 Å². The number of rotatable bonds is 1. The van der Waals surface area contributed by atoms with Crippen LogP contribution in [0.15, 0.2) is 42.5 Å². The van der Waals surface area contributed by atoms with Crippen molar-refractivity contribution in [2.24, 2.45) is 5.41 Å². The highest BCUT2D eigenvalue weighted by Crippen LogP contribution is 2.34. The second-order valence-corrected chi connectivity index (χ2v) is 6.37. The van der Waals surface area contributed by atoms with Gasteiger partial charge < -0.3 is 4.98 Å². The first-order chi connectivity index (χ1) is 10.3. The fraction of sp³-hybridized carbons (Fsp3) is 0.368. The van der Waals surface area contributed by atoms with E-state index in [2.05, 4.69) is 65.4 Å². The molecule has 108 valence electrons. The molecule has 1 aromatic heterocycles. The van der Waals surface area contributed by atoms with Crippen molar-refractivity contribution >= 4 is 17.0 Å². The van der Waals surface area contributed by atoms with Crippen molar-refractivity contribution < 1.29 is 0 Å². The van der Waals surface area contributed by atoms with Crippen LogP contribution < -0.4 is 0 Å². The lowest BCUT2D eigenvalue weighted by Crippen LogP contribution is -2.39. The molecule has 0 fully saturated rings. The lowest BCUT2D eigenvalue weighted by molar-refractivity contribution is 0.219. The SMILES string of the molecule is CC[C@]12C=CCN(CCc3c([nH]c4ccccc34)C=C1)C2. The number of fused-ring (bicyclic) bond motifs is 5. The van der Waals surface area contributed by atoms with Gasteiger partial charge in [0.1, 0.15) is 0 Å². The molecule has 0 saturated carbocycles. The van der Waals surface area contributed by atoms with E-state index >= 15 is 0 Å². The number of nitrogens with zero attached hydrogens (tertiary/aromatic N) is 1. The zero-order valence-corrected chi connectivity index (χ0v) is 12.6. The van der Waals surface area contributed by atoms with Crippen molar-refractivity contribution in [1.82, 2.24) is 9.88 Å². The van der Waals surface area contributed by atoms with Crippen molar-refractivity contribution in [2.75, 3.05) is 19.6 Å². The highest BCUT2D eigenvalue weighted by Gasteiger charge is 2.29. The van der Waals surface area contributed by atoms with E-state index in [-0.39, 0.29) is 5.41 Å². The Hall–Kier alpha value is -1.80. The summed E-state index contributed by atoms with van der Waals surface area (Å²) < 4.78 is 0. The lowest BCUT2D eigenvalue weighted by Gasteiger charge is -2.36. The van der Waals surface area contributed by atoms with Crippen LogP contribution >= 0.6 is 0 Å². The van der Waals surface area contributed by atoms with Gasteiger partial charge in [-0.05, 0) is 30.5 Å². The third kappa shape index (κ3) is 2.14. The van der Waals surface area contributed by atoms with Crippen molar-refractivity contribution in [3.8, 4) is 0 Å². The first kappa shape index (κ1) is 12.9. The minimum atomic E-state index is 0.206. The maximum Gasteiger partial charge on any atom is 0.0461 e. The topological polar surface area (TPSA) is 19.0 Å². The molecule has 3 heterocycles. The Balaban J connectivity index is 1.86. The van der Waals surface area contributed by atoms with Gasteiger partial charge in [0.15, 0.2) is 0 Å². The Labute approximate surface area is 126 Å².